The van der Waals surface area contributed by atoms with Crippen LogP contribution in [-0.2, 0) is 7.05 Å². The molecule has 128 valence electrons. The van der Waals surface area contributed by atoms with Gasteiger partial charge in [0.2, 0.25) is 0 Å². The topological polar surface area (TPSA) is 37.6 Å². The third-order valence-electron chi connectivity index (χ3n) is 5.10. The van der Waals surface area contributed by atoms with E-state index in [4.69, 9.17) is 4.74 Å². The van der Waals surface area contributed by atoms with Crippen LogP contribution in [0.15, 0.2) is 36.4 Å². The van der Waals surface area contributed by atoms with Crippen molar-refractivity contribution in [1.29, 1.82) is 0 Å². The smallest absolute Gasteiger partial charge is 0.128 e. The van der Waals surface area contributed by atoms with Crippen molar-refractivity contribution < 1.29 is 9.84 Å². The van der Waals surface area contributed by atoms with Gasteiger partial charge in [0.1, 0.15) is 17.3 Å². The van der Waals surface area contributed by atoms with E-state index in [1.54, 1.807) is 7.11 Å². The molecule has 0 radical (unpaired) electrons. The van der Waals surface area contributed by atoms with Crippen molar-refractivity contribution in [3.8, 4) is 11.5 Å². The number of phenols is 1. The lowest BCUT2D eigenvalue weighted by Crippen LogP contribution is -2.25. The van der Waals surface area contributed by atoms with E-state index in [0.717, 1.165) is 40.1 Å². The number of rotatable bonds is 2. The average molecular weight is 334 g/mol. The second-order valence-corrected chi connectivity index (χ2v) is 6.68. The molecule has 1 aromatic heterocycles. The summed E-state index contributed by atoms with van der Waals surface area (Å²) in [6.45, 7) is 2.76. The Morgan fingerprint density at radius 3 is 2.44 bits per heavy atom. The summed E-state index contributed by atoms with van der Waals surface area (Å²) in [5.74, 6) is 2.36. The maximum absolute atomic E-state index is 10.7. The maximum Gasteiger partial charge on any atom is 0.128 e. The zero-order valence-electron chi connectivity index (χ0n) is 15.0. The lowest BCUT2D eigenvalue weighted by molar-refractivity contribution is 0.415. The number of aromatic hydroxyl groups is 1. The maximum atomic E-state index is 10.7. The van der Waals surface area contributed by atoms with Gasteiger partial charge in [0.15, 0.2) is 0 Å². The van der Waals surface area contributed by atoms with Crippen LogP contribution in [0, 0.1) is 6.92 Å². The molecule has 2 heterocycles. The Hall–Kier alpha value is -2.88. The van der Waals surface area contributed by atoms with E-state index in [0.29, 0.717) is 5.75 Å². The van der Waals surface area contributed by atoms with Gasteiger partial charge in [-0.05, 0) is 47.9 Å². The monoisotopic (exact) mass is 334 g/mol. The molecule has 0 saturated heterocycles. The highest BCUT2D eigenvalue weighted by atomic mass is 16.5. The molecule has 0 spiro atoms. The number of hydrogen-bond acceptors (Lipinski definition) is 3. The van der Waals surface area contributed by atoms with Gasteiger partial charge in [-0.25, -0.2) is 0 Å². The van der Waals surface area contributed by atoms with Crippen molar-refractivity contribution in [3.63, 3.8) is 0 Å². The summed E-state index contributed by atoms with van der Waals surface area (Å²) >= 11 is 0. The summed E-state index contributed by atoms with van der Waals surface area (Å²) in [5, 5.41) is 11.6. The number of aromatic nitrogens is 1. The molecule has 0 bridgehead atoms. The molecule has 1 N–H and O–H groups in total. The largest absolute Gasteiger partial charge is 0.507 e. The normalized spacial score (nSPS) is 13.8. The molecule has 0 unspecified atom stereocenters. The molecule has 3 aromatic rings. The second kappa shape index (κ2) is 5.59. The van der Waals surface area contributed by atoms with Gasteiger partial charge in [-0.3, -0.25) is 0 Å². The summed E-state index contributed by atoms with van der Waals surface area (Å²) in [6.07, 6.45) is 2.21. The first-order valence-corrected chi connectivity index (χ1v) is 8.38. The fourth-order valence-electron chi connectivity index (χ4n) is 3.76. The molecule has 4 nitrogen and oxygen atoms in total. The Labute approximate surface area is 147 Å². The number of benzene rings is 2. The summed E-state index contributed by atoms with van der Waals surface area (Å²) in [5.41, 5.74) is 5.42. The fourth-order valence-corrected chi connectivity index (χ4v) is 3.76. The first kappa shape index (κ1) is 15.6. The van der Waals surface area contributed by atoms with Crippen LogP contribution < -0.4 is 9.64 Å². The second-order valence-electron chi connectivity index (χ2n) is 6.68. The molecule has 0 fully saturated rings. The molecule has 25 heavy (non-hydrogen) atoms. The minimum atomic E-state index is 0.370. The number of hydrogen-bond donors (Lipinski definition) is 1. The zero-order chi connectivity index (χ0) is 17.7. The van der Waals surface area contributed by atoms with Crippen molar-refractivity contribution >= 4 is 28.4 Å². The minimum Gasteiger partial charge on any atom is -0.507 e. The van der Waals surface area contributed by atoms with Crippen LogP contribution in [-0.4, -0.2) is 30.4 Å². The van der Waals surface area contributed by atoms with Crippen molar-refractivity contribution in [3.05, 3.63) is 53.1 Å². The van der Waals surface area contributed by atoms with Gasteiger partial charge >= 0.3 is 0 Å². The van der Waals surface area contributed by atoms with Gasteiger partial charge in [-0.15, -0.1) is 0 Å². The predicted molar refractivity (Wildman–Crippen MR) is 103 cm³/mol. The molecule has 2 aromatic carbocycles. The number of fused-ring (bicyclic) bond motifs is 3. The van der Waals surface area contributed by atoms with Crippen molar-refractivity contribution in [1.82, 2.24) is 4.57 Å². The molecule has 4 heteroatoms. The van der Waals surface area contributed by atoms with Gasteiger partial charge in [0.05, 0.1) is 18.0 Å². The molecule has 0 saturated carbocycles. The SMILES string of the molecule is COc1ccc(C2=Cc3c(n(C)c4ccc(C)c(O)c34)N(C)C2)cc1. The van der Waals surface area contributed by atoms with Crippen LogP contribution in [0.3, 0.4) is 0 Å². The Morgan fingerprint density at radius 1 is 1.04 bits per heavy atom. The molecular formula is C21H22N2O2. The Bertz CT molecular complexity index is 997. The third-order valence-corrected chi connectivity index (χ3v) is 5.10. The van der Waals surface area contributed by atoms with Crippen LogP contribution in [0.1, 0.15) is 16.7 Å². The van der Waals surface area contributed by atoms with Crippen LogP contribution in [0.4, 0.5) is 5.82 Å². The molecule has 1 aliphatic heterocycles. The van der Waals surface area contributed by atoms with E-state index in [-0.39, 0.29) is 0 Å². The van der Waals surface area contributed by atoms with Gasteiger partial charge in [0.25, 0.3) is 0 Å². The highest BCUT2D eigenvalue weighted by molar-refractivity contribution is 6.06. The molecule has 4 rings (SSSR count). The highest BCUT2D eigenvalue weighted by Crippen LogP contribution is 2.43. The Balaban J connectivity index is 1.95. The summed E-state index contributed by atoms with van der Waals surface area (Å²) in [4.78, 5) is 2.24. The third kappa shape index (κ3) is 2.29. The summed E-state index contributed by atoms with van der Waals surface area (Å²) in [6, 6.07) is 12.2. The van der Waals surface area contributed by atoms with Crippen molar-refractivity contribution in [2.75, 3.05) is 25.6 Å². The quantitative estimate of drug-likeness (QED) is 0.763. The van der Waals surface area contributed by atoms with Crippen molar-refractivity contribution in [2.45, 2.75) is 6.92 Å². The van der Waals surface area contributed by atoms with E-state index in [9.17, 15) is 5.11 Å². The van der Waals surface area contributed by atoms with Gasteiger partial charge in [-0.2, -0.15) is 0 Å². The predicted octanol–water partition coefficient (Wildman–Crippen LogP) is 4.19. The zero-order valence-corrected chi connectivity index (χ0v) is 15.0. The van der Waals surface area contributed by atoms with E-state index >= 15 is 0 Å². The first-order valence-electron chi connectivity index (χ1n) is 8.38. The van der Waals surface area contributed by atoms with Crippen LogP contribution in [0.25, 0.3) is 22.6 Å². The van der Waals surface area contributed by atoms with Crippen molar-refractivity contribution in [2.24, 2.45) is 7.05 Å². The van der Waals surface area contributed by atoms with Crippen LogP contribution in [0.2, 0.25) is 0 Å². The summed E-state index contributed by atoms with van der Waals surface area (Å²) in [7, 11) is 5.83. The fraction of sp³-hybridized carbons (Fsp3) is 0.238. The van der Waals surface area contributed by atoms with Crippen LogP contribution >= 0.6 is 0 Å². The number of nitrogens with zero attached hydrogens (tertiary/aromatic N) is 2. The Kier molecular flexibility index (Phi) is 3.49. The van der Waals surface area contributed by atoms with E-state index < -0.39 is 0 Å². The highest BCUT2D eigenvalue weighted by Gasteiger charge is 2.25. The Morgan fingerprint density at radius 2 is 1.76 bits per heavy atom. The lowest BCUT2D eigenvalue weighted by atomic mass is 9.97. The molecule has 0 aliphatic carbocycles. The first-order chi connectivity index (χ1) is 12.0. The van der Waals surface area contributed by atoms with Crippen LogP contribution in [0.5, 0.6) is 11.5 Å². The molecule has 0 atom stereocenters. The van der Waals surface area contributed by atoms with Gasteiger partial charge < -0.3 is 19.3 Å². The number of phenolic OH excluding ortho intramolecular Hbond substituents is 1. The summed E-state index contributed by atoms with van der Waals surface area (Å²) < 4.78 is 7.42. The lowest BCUT2D eigenvalue weighted by Gasteiger charge is -2.27. The molecule has 0 amide bonds. The molecular weight excluding hydrogens is 312 g/mol. The van der Waals surface area contributed by atoms with E-state index in [1.807, 2.05) is 25.1 Å². The molecule has 1 aliphatic rings. The number of anilines is 1. The van der Waals surface area contributed by atoms with E-state index in [2.05, 4.69) is 47.8 Å². The average Bonchev–Trinajstić information content (AvgIpc) is 2.91. The standard InChI is InChI=1S/C21H22N2O2/c1-13-5-10-18-19(20(13)24)17-11-15(12-22(2)21(17)23(18)3)14-6-8-16(25-4)9-7-14/h5-11,24H,12H2,1-4H3. The number of aryl methyl sites for hydroxylation is 2. The number of methoxy groups -OCH3 is 1. The van der Waals surface area contributed by atoms with Gasteiger partial charge in [0, 0.05) is 26.2 Å². The van der Waals surface area contributed by atoms with Gasteiger partial charge in [-0.1, -0.05) is 18.2 Å². The minimum absolute atomic E-state index is 0.370. The van der Waals surface area contributed by atoms with E-state index in [1.165, 1.54) is 11.1 Å². The number of ether oxygens (including phenoxy) is 1. The number of likely N-dealkylation sites (N-methyl/N-ethyl adjacent to an activating group) is 1.